The van der Waals surface area contributed by atoms with Gasteiger partial charge in [0.05, 0.1) is 0 Å². The molecule has 3 rings (SSSR count). The molecule has 2 aliphatic heterocycles. The van der Waals surface area contributed by atoms with Gasteiger partial charge in [0.25, 0.3) is 5.91 Å². The van der Waals surface area contributed by atoms with Gasteiger partial charge < -0.3 is 14.8 Å². The summed E-state index contributed by atoms with van der Waals surface area (Å²) in [6.07, 6.45) is 5.48. The summed E-state index contributed by atoms with van der Waals surface area (Å²) in [6, 6.07) is 4.35. The Kier molecular flexibility index (Phi) is 3.60. The predicted molar refractivity (Wildman–Crippen MR) is 75.1 cm³/mol. The number of fused-ring (bicyclic) bond motifs is 1. The number of rotatable bonds is 3. The van der Waals surface area contributed by atoms with Gasteiger partial charge in [-0.1, -0.05) is 6.92 Å². The predicted octanol–water partition coefficient (Wildman–Crippen LogP) is 1.72. The van der Waals surface area contributed by atoms with Crippen LogP contribution in [-0.4, -0.2) is 41.1 Å². The lowest BCUT2D eigenvalue weighted by atomic mass is 9.92. The molecule has 1 amide bonds. The van der Waals surface area contributed by atoms with Crippen molar-refractivity contribution >= 4 is 5.91 Å². The van der Waals surface area contributed by atoms with Crippen molar-refractivity contribution < 1.29 is 4.79 Å². The summed E-state index contributed by atoms with van der Waals surface area (Å²) in [6.45, 7) is 6.02. The number of hydrogen-bond donors (Lipinski definition) is 1. The zero-order valence-electron chi connectivity index (χ0n) is 11.6. The average Bonchev–Trinajstić information content (AvgIpc) is 3.06. The van der Waals surface area contributed by atoms with Crippen LogP contribution >= 0.6 is 0 Å². The van der Waals surface area contributed by atoms with E-state index in [0.717, 1.165) is 44.7 Å². The molecule has 1 aromatic rings. The number of aryl methyl sites for hydroxylation is 1. The molecule has 2 atom stereocenters. The fourth-order valence-electron chi connectivity index (χ4n) is 3.51. The fraction of sp³-hybridized carbons (Fsp3) is 0.667. The number of nitrogens with zero attached hydrogens (tertiary/aromatic N) is 2. The number of nitrogens with one attached hydrogen (secondary N) is 1. The van der Waals surface area contributed by atoms with Crippen LogP contribution < -0.4 is 5.32 Å². The quantitative estimate of drug-likeness (QED) is 0.899. The molecule has 2 aliphatic rings. The summed E-state index contributed by atoms with van der Waals surface area (Å²) in [4.78, 5) is 14.9. The van der Waals surface area contributed by atoms with Gasteiger partial charge in [0.15, 0.2) is 0 Å². The van der Waals surface area contributed by atoms with E-state index in [-0.39, 0.29) is 5.91 Å². The molecule has 0 saturated carbocycles. The Balaban J connectivity index is 1.80. The highest BCUT2D eigenvalue weighted by atomic mass is 16.2. The van der Waals surface area contributed by atoms with Gasteiger partial charge in [-0.25, -0.2) is 0 Å². The second-order valence-corrected chi connectivity index (χ2v) is 5.71. The first kappa shape index (κ1) is 12.7. The number of piperidine rings is 1. The number of carbonyl (C=O) groups is 1. The van der Waals surface area contributed by atoms with E-state index in [1.165, 1.54) is 6.42 Å². The Labute approximate surface area is 114 Å². The molecule has 2 unspecified atom stereocenters. The van der Waals surface area contributed by atoms with Crippen molar-refractivity contribution in [2.24, 2.45) is 5.92 Å². The Hall–Kier alpha value is -1.29. The highest BCUT2D eigenvalue weighted by molar-refractivity contribution is 5.93. The second-order valence-electron chi connectivity index (χ2n) is 5.71. The minimum atomic E-state index is 0.219. The van der Waals surface area contributed by atoms with Gasteiger partial charge in [0, 0.05) is 38.4 Å². The molecule has 1 aromatic heterocycles. The fourth-order valence-corrected chi connectivity index (χ4v) is 3.51. The largest absolute Gasteiger partial charge is 0.344 e. The molecule has 0 spiro atoms. The van der Waals surface area contributed by atoms with Crippen molar-refractivity contribution in [1.82, 2.24) is 14.8 Å². The second kappa shape index (κ2) is 5.37. The van der Waals surface area contributed by atoms with E-state index < -0.39 is 0 Å². The van der Waals surface area contributed by atoms with E-state index in [9.17, 15) is 4.79 Å². The van der Waals surface area contributed by atoms with E-state index in [1.54, 1.807) is 0 Å². The van der Waals surface area contributed by atoms with Crippen LogP contribution in [-0.2, 0) is 6.54 Å². The summed E-state index contributed by atoms with van der Waals surface area (Å²) in [7, 11) is 0. The summed E-state index contributed by atoms with van der Waals surface area (Å²) in [5, 5.41) is 3.43. The molecule has 0 aromatic carbocycles. The SMILES string of the molecule is CCCn1cccc1C(=O)N1CCCC2CNCC21. The third-order valence-corrected chi connectivity index (χ3v) is 4.45. The first-order valence-corrected chi connectivity index (χ1v) is 7.48. The van der Waals surface area contributed by atoms with Crippen LogP contribution in [0.1, 0.15) is 36.7 Å². The first-order valence-electron chi connectivity index (χ1n) is 7.48. The number of carbonyl (C=O) groups excluding carboxylic acids is 1. The van der Waals surface area contributed by atoms with Crippen molar-refractivity contribution in [1.29, 1.82) is 0 Å². The topological polar surface area (TPSA) is 37.3 Å². The standard InChI is InChI=1S/C15H23N3O/c1-2-7-17-8-4-6-13(17)15(19)18-9-3-5-12-10-16-11-14(12)18/h4,6,8,12,14,16H,2-3,5,7,9-11H2,1H3. The van der Waals surface area contributed by atoms with Crippen molar-refractivity contribution in [2.45, 2.75) is 38.8 Å². The maximum absolute atomic E-state index is 12.8. The maximum Gasteiger partial charge on any atom is 0.270 e. The van der Waals surface area contributed by atoms with Crippen LogP contribution in [0.3, 0.4) is 0 Å². The number of aromatic nitrogens is 1. The monoisotopic (exact) mass is 261 g/mol. The molecular formula is C15H23N3O. The van der Waals surface area contributed by atoms with Gasteiger partial charge in [-0.05, 0) is 37.3 Å². The molecule has 4 heteroatoms. The lowest BCUT2D eigenvalue weighted by Crippen LogP contribution is -2.48. The van der Waals surface area contributed by atoms with Crippen LogP contribution in [0.4, 0.5) is 0 Å². The maximum atomic E-state index is 12.8. The van der Waals surface area contributed by atoms with E-state index in [2.05, 4.69) is 21.7 Å². The number of hydrogen-bond acceptors (Lipinski definition) is 2. The van der Waals surface area contributed by atoms with Crippen LogP contribution in [0, 0.1) is 5.92 Å². The third-order valence-electron chi connectivity index (χ3n) is 4.45. The minimum absolute atomic E-state index is 0.219. The normalized spacial score (nSPS) is 26.5. The molecular weight excluding hydrogens is 238 g/mol. The molecule has 19 heavy (non-hydrogen) atoms. The van der Waals surface area contributed by atoms with Crippen LogP contribution in [0.25, 0.3) is 0 Å². The van der Waals surface area contributed by atoms with Gasteiger partial charge >= 0.3 is 0 Å². The number of amides is 1. The van der Waals surface area contributed by atoms with Crippen LogP contribution in [0.5, 0.6) is 0 Å². The Morgan fingerprint density at radius 1 is 1.47 bits per heavy atom. The zero-order valence-corrected chi connectivity index (χ0v) is 11.6. The van der Waals surface area contributed by atoms with E-state index in [4.69, 9.17) is 0 Å². The highest BCUT2D eigenvalue weighted by Gasteiger charge is 2.38. The molecule has 4 nitrogen and oxygen atoms in total. The Morgan fingerprint density at radius 3 is 3.21 bits per heavy atom. The van der Waals surface area contributed by atoms with Crippen molar-refractivity contribution in [3.8, 4) is 0 Å². The number of likely N-dealkylation sites (tertiary alicyclic amines) is 1. The van der Waals surface area contributed by atoms with E-state index in [0.29, 0.717) is 12.0 Å². The first-order chi connectivity index (χ1) is 9.31. The van der Waals surface area contributed by atoms with Crippen molar-refractivity contribution in [2.75, 3.05) is 19.6 Å². The lowest BCUT2D eigenvalue weighted by Gasteiger charge is -2.37. The molecule has 0 aliphatic carbocycles. The van der Waals surface area contributed by atoms with Gasteiger partial charge in [0.1, 0.15) is 5.69 Å². The van der Waals surface area contributed by atoms with Crippen molar-refractivity contribution in [3.05, 3.63) is 24.0 Å². The van der Waals surface area contributed by atoms with E-state index in [1.807, 2.05) is 18.3 Å². The van der Waals surface area contributed by atoms with E-state index >= 15 is 0 Å². The molecule has 3 heterocycles. The lowest BCUT2D eigenvalue weighted by molar-refractivity contribution is 0.0563. The highest BCUT2D eigenvalue weighted by Crippen LogP contribution is 2.27. The smallest absolute Gasteiger partial charge is 0.270 e. The summed E-state index contributed by atoms with van der Waals surface area (Å²) in [5.41, 5.74) is 0.856. The molecule has 0 bridgehead atoms. The molecule has 1 N–H and O–H groups in total. The molecule has 2 fully saturated rings. The Bertz CT molecular complexity index is 454. The molecule has 2 saturated heterocycles. The van der Waals surface area contributed by atoms with Crippen molar-refractivity contribution in [3.63, 3.8) is 0 Å². The minimum Gasteiger partial charge on any atom is -0.344 e. The van der Waals surface area contributed by atoms with Gasteiger partial charge in [-0.15, -0.1) is 0 Å². The van der Waals surface area contributed by atoms with Gasteiger partial charge in [-0.2, -0.15) is 0 Å². The summed E-state index contributed by atoms with van der Waals surface area (Å²) < 4.78 is 2.09. The summed E-state index contributed by atoms with van der Waals surface area (Å²) in [5.74, 6) is 0.879. The Morgan fingerprint density at radius 2 is 2.37 bits per heavy atom. The molecule has 0 radical (unpaired) electrons. The average molecular weight is 261 g/mol. The van der Waals surface area contributed by atoms with Crippen LogP contribution in [0.2, 0.25) is 0 Å². The zero-order chi connectivity index (χ0) is 13.2. The third kappa shape index (κ3) is 2.29. The molecule has 104 valence electrons. The summed E-state index contributed by atoms with van der Waals surface area (Å²) >= 11 is 0. The van der Waals surface area contributed by atoms with Crippen LogP contribution in [0.15, 0.2) is 18.3 Å². The van der Waals surface area contributed by atoms with Gasteiger partial charge in [0.2, 0.25) is 0 Å². The van der Waals surface area contributed by atoms with Gasteiger partial charge in [-0.3, -0.25) is 4.79 Å².